The van der Waals surface area contributed by atoms with Crippen molar-refractivity contribution in [2.24, 2.45) is 0 Å². The molecule has 0 aliphatic heterocycles. The Labute approximate surface area is 112 Å². The van der Waals surface area contributed by atoms with E-state index in [9.17, 15) is 9.18 Å². The molecule has 0 radical (unpaired) electrons. The van der Waals surface area contributed by atoms with Crippen LogP contribution in [0.2, 0.25) is 0 Å². The number of hydrogen-bond donors (Lipinski definition) is 1. The van der Waals surface area contributed by atoms with Crippen LogP contribution in [0.4, 0.5) is 10.1 Å². The summed E-state index contributed by atoms with van der Waals surface area (Å²) in [6.45, 7) is 3.92. The van der Waals surface area contributed by atoms with E-state index >= 15 is 0 Å². The van der Waals surface area contributed by atoms with E-state index in [2.05, 4.69) is 5.32 Å². The Kier molecular flexibility index (Phi) is 3.95. The van der Waals surface area contributed by atoms with Crippen LogP contribution in [0, 0.1) is 19.7 Å². The van der Waals surface area contributed by atoms with Gasteiger partial charge in [-0.05, 0) is 42.7 Å². The summed E-state index contributed by atoms with van der Waals surface area (Å²) >= 11 is 0. The SMILES string of the molecule is Cc1cccc(C)c1NC(=O)Cc1ccc(F)cc1. The van der Waals surface area contributed by atoms with Crippen LogP contribution in [0.25, 0.3) is 0 Å². The number of carbonyl (C=O) groups is 1. The summed E-state index contributed by atoms with van der Waals surface area (Å²) in [4.78, 5) is 12.0. The van der Waals surface area contributed by atoms with Gasteiger partial charge in [0.25, 0.3) is 0 Å². The topological polar surface area (TPSA) is 29.1 Å². The van der Waals surface area contributed by atoms with E-state index in [1.165, 1.54) is 12.1 Å². The molecule has 98 valence electrons. The van der Waals surface area contributed by atoms with Gasteiger partial charge in [-0.25, -0.2) is 4.39 Å². The van der Waals surface area contributed by atoms with Crippen molar-refractivity contribution in [3.8, 4) is 0 Å². The van der Waals surface area contributed by atoms with Crippen molar-refractivity contribution in [1.29, 1.82) is 0 Å². The zero-order valence-corrected chi connectivity index (χ0v) is 11.0. The number of benzene rings is 2. The van der Waals surface area contributed by atoms with Crippen LogP contribution >= 0.6 is 0 Å². The molecule has 0 atom stereocenters. The van der Waals surface area contributed by atoms with Crippen LogP contribution in [0.15, 0.2) is 42.5 Å². The lowest BCUT2D eigenvalue weighted by Crippen LogP contribution is -2.16. The highest BCUT2D eigenvalue weighted by molar-refractivity contribution is 5.93. The maximum atomic E-state index is 12.8. The van der Waals surface area contributed by atoms with Crippen LogP contribution in [0.1, 0.15) is 16.7 Å². The van der Waals surface area contributed by atoms with Crippen molar-refractivity contribution >= 4 is 11.6 Å². The zero-order chi connectivity index (χ0) is 13.8. The third-order valence-electron chi connectivity index (χ3n) is 3.02. The van der Waals surface area contributed by atoms with E-state index in [0.717, 1.165) is 22.4 Å². The highest BCUT2D eigenvalue weighted by atomic mass is 19.1. The summed E-state index contributed by atoms with van der Waals surface area (Å²) < 4.78 is 12.8. The molecular weight excluding hydrogens is 241 g/mol. The quantitative estimate of drug-likeness (QED) is 0.894. The molecule has 0 spiro atoms. The Morgan fingerprint density at radius 2 is 1.63 bits per heavy atom. The molecule has 1 amide bonds. The monoisotopic (exact) mass is 257 g/mol. The molecule has 3 heteroatoms. The molecule has 0 fully saturated rings. The van der Waals surface area contributed by atoms with Crippen LogP contribution < -0.4 is 5.32 Å². The van der Waals surface area contributed by atoms with Gasteiger partial charge in [-0.3, -0.25) is 4.79 Å². The fraction of sp³-hybridized carbons (Fsp3) is 0.188. The Hall–Kier alpha value is -2.16. The lowest BCUT2D eigenvalue weighted by Gasteiger charge is -2.11. The van der Waals surface area contributed by atoms with Crippen molar-refractivity contribution in [2.45, 2.75) is 20.3 Å². The largest absolute Gasteiger partial charge is 0.325 e. The minimum absolute atomic E-state index is 0.0935. The maximum absolute atomic E-state index is 12.8. The van der Waals surface area contributed by atoms with Gasteiger partial charge in [-0.2, -0.15) is 0 Å². The Balaban J connectivity index is 2.07. The molecule has 0 saturated carbocycles. The molecule has 0 heterocycles. The van der Waals surface area contributed by atoms with E-state index < -0.39 is 0 Å². The van der Waals surface area contributed by atoms with Gasteiger partial charge in [0.1, 0.15) is 5.82 Å². The van der Waals surface area contributed by atoms with E-state index in [1.807, 2.05) is 32.0 Å². The third-order valence-corrected chi connectivity index (χ3v) is 3.02. The average Bonchev–Trinajstić information content (AvgIpc) is 2.37. The summed E-state index contributed by atoms with van der Waals surface area (Å²) in [6, 6.07) is 11.9. The summed E-state index contributed by atoms with van der Waals surface area (Å²) in [6.07, 6.45) is 0.244. The first kappa shape index (κ1) is 13.3. The highest BCUT2D eigenvalue weighted by Gasteiger charge is 2.08. The zero-order valence-electron chi connectivity index (χ0n) is 11.0. The molecule has 2 aromatic carbocycles. The second-order valence-corrected chi connectivity index (χ2v) is 4.62. The molecule has 0 bridgehead atoms. The van der Waals surface area contributed by atoms with Crippen molar-refractivity contribution in [3.63, 3.8) is 0 Å². The third kappa shape index (κ3) is 3.41. The van der Waals surface area contributed by atoms with Gasteiger partial charge in [-0.15, -0.1) is 0 Å². The number of aryl methyl sites for hydroxylation is 2. The molecule has 0 saturated heterocycles. The number of hydrogen-bond acceptors (Lipinski definition) is 1. The van der Waals surface area contributed by atoms with E-state index in [-0.39, 0.29) is 18.1 Å². The lowest BCUT2D eigenvalue weighted by molar-refractivity contribution is -0.115. The minimum atomic E-state index is -0.293. The molecule has 1 N–H and O–H groups in total. The number of halogens is 1. The fourth-order valence-corrected chi connectivity index (χ4v) is 1.98. The van der Waals surface area contributed by atoms with Gasteiger partial charge < -0.3 is 5.32 Å². The van der Waals surface area contributed by atoms with Crippen LogP contribution in [-0.4, -0.2) is 5.91 Å². The summed E-state index contributed by atoms with van der Waals surface area (Å²) in [5.74, 6) is -0.386. The van der Waals surface area contributed by atoms with Crippen molar-refractivity contribution in [1.82, 2.24) is 0 Å². The van der Waals surface area contributed by atoms with E-state index in [1.54, 1.807) is 12.1 Å². The van der Waals surface area contributed by atoms with E-state index in [0.29, 0.717) is 0 Å². The number of amides is 1. The highest BCUT2D eigenvalue weighted by Crippen LogP contribution is 2.19. The fourth-order valence-electron chi connectivity index (χ4n) is 1.98. The Morgan fingerprint density at radius 1 is 1.05 bits per heavy atom. The minimum Gasteiger partial charge on any atom is -0.325 e. The van der Waals surface area contributed by atoms with E-state index in [4.69, 9.17) is 0 Å². The van der Waals surface area contributed by atoms with Gasteiger partial charge in [0, 0.05) is 5.69 Å². The molecular formula is C16H16FNO. The molecule has 2 nitrogen and oxygen atoms in total. The van der Waals surface area contributed by atoms with Gasteiger partial charge in [-0.1, -0.05) is 30.3 Å². The van der Waals surface area contributed by atoms with Gasteiger partial charge in [0.05, 0.1) is 6.42 Å². The molecule has 0 aliphatic carbocycles. The number of nitrogens with one attached hydrogen (secondary N) is 1. The number of para-hydroxylation sites is 1. The maximum Gasteiger partial charge on any atom is 0.228 e. The predicted octanol–water partition coefficient (Wildman–Crippen LogP) is 3.62. The summed E-state index contributed by atoms with van der Waals surface area (Å²) in [7, 11) is 0. The standard InChI is InChI=1S/C16H16FNO/c1-11-4-3-5-12(2)16(11)18-15(19)10-13-6-8-14(17)9-7-13/h3-9H,10H2,1-2H3,(H,18,19). The van der Waals surface area contributed by atoms with Gasteiger partial charge in [0.15, 0.2) is 0 Å². The average molecular weight is 257 g/mol. The van der Waals surface area contributed by atoms with Crippen LogP contribution in [0.5, 0.6) is 0 Å². The second kappa shape index (κ2) is 5.65. The first-order valence-corrected chi connectivity index (χ1v) is 6.17. The number of anilines is 1. The van der Waals surface area contributed by atoms with Crippen molar-refractivity contribution in [3.05, 3.63) is 65.0 Å². The summed E-state index contributed by atoms with van der Waals surface area (Å²) in [5, 5.41) is 2.91. The smallest absolute Gasteiger partial charge is 0.228 e. The molecule has 0 aromatic heterocycles. The number of carbonyl (C=O) groups excluding carboxylic acids is 1. The summed E-state index contributed by atoms with van der Waals surface area (Å²) in [5.41, 5.74) is 3.72. The van der Waals surface area contributed by atoms with Crippen LogP contribution in [0.3, 0.4) is 0 Å². The van der Waals surface area contributed by atoms with Gasteiger partial charge >= 0.3 is 0 Å². The molecule has 2 aromatic rings. The first-order chi connectivity index (χ1) is 9.06. The van der Waals surface area contributed by atoms with Crippen LogP contribution in [-0.2, 0) is 11.2 Å². The van der Waals surface area contributed by atoms with Gasteiger partial charge in [0.2, 0.25) is 5.91 Å². The van der Waals surface area contributed by atoms with Crippen molar-refractivity contribution < 1.29 is 9.18 Å². The normalized spacial score (nSPS) is 10.3. The Morgan fingerprint density at radius 3 is 2.21 bits per heavy atom. The predicted molar refractivity (Wildman–Crippen MR) is 74.6 cm³/mol. The molecule has 2 rings (SSSR count). The molecule has 0 aliphatic rings. The molecule has 19 heavy (non-hydrogen) atoms. The number of rotatable bonds is 3. The second-order valence-electron chi connectivity index (χ2n) is 4.62. The Bertz CT molecular complexity index is 570. The lowest BCUT2D eigenvalue weighted by atomic mass is 10.1. The molecule has 0 unspecified atom stereocenters. The van der Waals surface area contributed by atoms with Crippen molar-refractivity contribution in [2.75, 3.05) is 5.32 Å². The first-order valence-electron chi connectivity index (χ1n) is 6.17.